The zero-order valence-corrected chi connectivity index (χ0v) is 13.1. The molecule has 1 atom stereocenters. The molecule has 0 unspecified atom stereocenters. The van der Waals surface area contributed by atoms with Crippen LogP contribution in [0.2, 0.25) is 0 Å². The molecule has 4 nitrogen and oxygen atoms in total. The Balaban J connectivity index is 1.72. The van der Waals surface area contributed by atoms with Gasteiger partial charge < -0.3 is 15.0 Å². The van der Waals surface area contributed by atoms with Gasteiger partial charge >= 0.3 is 0 Å². The Labute approximate surface area is 127 Å². The molecule has 1 heterocycles. The van der Waals surface area contributed by atoms with Crippen molar-refractivity contribution in [3.05, 3.63) is 29.8 Å². The summed E-state index contributed by atoms with van der Waals surface area (Å²) in [5.41, 5.74) is 0.934. The quantitative estimate of drug-likeness (QED) is 0.872. The molecule has 0 bridgehead atoms. The first-order valence-corrected chi connectivity index (χ1v) is 7.80. The van der Waals surface area contributed by atoms with Crippen LogP contribution in [0, 0.1) is 5.92 Å². The summed E-state index contributed by atoms with van der Waals surface area (Å²) in [6.45, 7) is 6.28. The van der Waals surface area contributed by atoms with Crippen molar-refractivity contribution in [2.24, 2.45) is 5.92 Å². The van der Waals surface area contributed by atoms with E-state index in [2.05, 4.69) is 17.1 Å². The molecule has 1 aromatic rings. The number of hydrogen-bond donors (Lipinski definition) is 1. The second-order valence-corrected chi connectivity index (χ2v) is 5.89. The van der Waals surface area contributed by atoms with Crippen LogP contribution in [-0.4, -0.2) is 44.1 Å². The van der Waals surface area contributed by atoms with Crippen LogP contribution in [-0.2, 0) is 11.2 Å². The number of rotatable bonds is 6. The fourth-order valence-electron chi connectivity index (χ4n) is 2.93. The fourth-order valence-corrected chi connectivity index (χ4v) is 2.93. The van der Waals surface area contributed by atoms with E-state index < -0.39 is 0 Å². The minimum atomic E-state index is 0.0598. The number of carbonyl (C=O) groups is 1. The van der Waals surface area contributed by atoms with Crippen LogP contribution in [0.25, 0.3) is 0 Å². The van der Waals surface area contributed by atoms with Gasteiger partial charge in [0.15, 0.2) is 0 Å². The summed E-state index contributed by atoms with van der Waals surface area (Å²) in [6, 6.07) is 7.67. The van der Waals surface area contributed by atoms with Crippen molar-refractivity contribution >= 4 is 5.91 Å². The number of benzene rings is 1. The van der Waals surface area contributed by atoms with Crippen LogP contribution < -0.4 is 10.1 Å². The predicted molar refractivity (Wildman–Crippen MR) is 84.5 cm³/mol. The fraction of sp³-hybridized carbons (Fsp3) is 0.588. The largest absolute Gasteiger partial charge is 0.496 e. The van der Waals surface area contributed by atoms with Crippen molar-refractivity contribution in [1.29, 1.82) is 0 Å². The summed E-state index contributed by atoms with van der Waals surface area (Å²) in [7, 11) is 1.63. The third-order valence-electron chi connectivity index (χ3n) is 4.03. The maximum atomic E-state index is 12.0. The van der Waals surface area contributed by atoms with Gasteiger partial charge in [0.05, 0.1) is 13.5 Å². The Kier molecular flexibility index (Phi) is 6.05. The zero-order valence-electron chi connectivity index (χ0n) is 13.1. The lowest BCUT2D eigenvalue weighted by Gasteiger charge is -2.30. The standard InChI is InChI=1S/C17H26N2O2/c1-14-6-5-10-19(13-14)11-9-18-17(20)12-15-7-3-4-8-16(15)21-2/h3-4,7-8,14H,5-6,9-13H2,1-2H3,(H,18,20)/t14-/m1/s1. The zero-order chi connectivity index (χ0) is 15.1. The summed E-state index contributed by atoms with van der Waals surface area (Å²) < 4.78 is 5.27. The van der Waals surface area contributed by atoms with Crippen molar-refractivity contribution in [1.82, 2.24) is 10.2 Å². The Morgan fingerprint density at radius 1 is 1.43 bits per heavy atom. The maximum Gasteiger partial charge on any atom is 0.224 e. The number of hydrogen-bond acceptors (Lipinski definition) is 3. The minimum absolute atomic E-state index is 0.0598. The molecule has 0 aromatic heterocycles. The van der Waals surface area contributed by atoms with Crippen LogP contribution in [0.4, 0.5) is 0 Å². The molecular formula is C17H26N2O2. The van der Waals surface area contributed by atoms with Crippen molar-refractivity contribution in [3.63, 3.8) is 0 Å². The summed E-state index contributed by atoms with van der Waals surface area (Å²) >= 11 is 0. The monoisotopic (exact) mass is 290 g/mol. The van der Waals surface area contributed by atoms with Gasteiger partial charge in [0.1, 0.15) is 5.75 Å². The third kappa shape index (κ3) is 5.05. The second-order valence-electron chi connectivity index (χ2n) is 5.89. The number of methoxy groups -OCH3 is 1. The van der Waals surface area contributed by atoms with Crippen molar-refractivity contribution in [2.75, 3.05) is 33.3 Å². The van der Waals surface area contributed by atoms with E-state index in [0.717, 1.165) is 43.4 Å². The third-order valence-corrected chi connectivity index (χ3v) is 4.03. The van der Waals surface area contributed by atoms with Gasteiger partial charge in [-0.1, -0.05) is 25.1 Å². The van der Waals surface area contributed by atoms with Crippen molar-refractivity contribution in [2.45, 2.75) is 26.2 Å². The lowest BCUT2D eigenvalue weighted by molar-refractivity contribution is -0.120. The highest BCUT2D eigenvalue weighted by molar-refractivity contribution is 5.79. The molecule has 4 heteroatoms. The van der Waals surface area contributed by atoms with E-state index in [-0.39, 0.29) is 5.91 Å². The van der Waals surface area contributed by atoms with E-state index in [1.807, 2.05) is 24.3 Å². The number of nitrogens with one attached hydrogen (secondary N) is 1. The van der Waals surface area contributed by atoms with Gasteiger partial charge in [-0.25, -0.2) is 0 Å². The summed E-state index contributed by atoms with van der Waals surface area (Å²) in [4.78, 5) is 14.4. The molecule has 0 saturated carbocycles. The molecule has 0 spiro atoms. The number of ether oxygens (including phenoxy) is 1. The van der Waals surface area contributed by atoms with E-state index in [1.54, 1.807) is 7.11 Å². The number of nitrogens with zero attached hydrogens (tertiary/aromatic N) is 1. The first-order valence-electron chi connectivity index (χ1n) is 7.80. The molecule has 2 rings (SSSR count). The molecule has 1 aliphatic heterocycles. The summed E-state index contributed by atoms with van der Waals surface area (Å²) in [5, 5.41) is 3.01. The van der Waals surface area contributed by atoms with Gasteiger partial charge in [0.2, 0.25) is 5.91 Å². The van der Waals surface area contributed by atoms with E-state index in [4.69, 9.17) is 4.74 Å². The Morgan fingerprint density at radius 2 is 2.24 bits per heavy atom. The number of carbonyl (C=O) groups excluding carboxylic acids is 1. The van der Waals surface area contributed by atoms with E-state index >= 15 is 0 Å². The molecule has 1 aliphatic rings. The lowest BCUT2D eigenvalue weighted by atomic mass is 10.0. The Morgan fingerprint density at radius 3 is 3.00 bits per heavy atom. The number of para-hydroxylation sites is 1. The first-order chi connectivity index (χ1) is 10.2. The molecular weight excluding hydrogens is 264 g/mol. The molecule has 1 aromatic carbocycles. The minimum Gasteiger partial charge on any atom is -0.496 e. The average Bonchev–Trinajstić information content (AvgIpc) is 2.48. The van der Waals surface area contributed by atoms with E-state index in [9.17, 15) is 4.79 Å². The highest BCUT2D eigenvalue weighted by Gasteiger charge is 2.16. The topological polar surface area (TPSA) is 41.6 Å². The first kappa shape index (κ1) is 15.8. The highest BCUT2D eigenvalue weighted by atomic mass is 16.5. The van der Waals surface area contributed by atoms with Crippen molar-refractivity contribution < 1.29 is 9.53 Å². The number of likely N-dealkylation sites (tertiary alicyclic amines) is 1. The van der Waals surface area contributed by atoms with Gasteiger partial charge in [-0.15, -0.1) is 0 Å². The van der Waals surface area contributed by atoms with Crippen LogP contribution in [0.15, 0.2) is 24.3 Å². The van der Waals surface area contributed by atoms with Crippen LogP contribution in [0.3, 0.4) is 0 Å². The molecule has 0 radical (unpaired) electrons. The molecule has 116 valence electrons. The van der Waals surface area contributed by atoms with Gasteiger partial charge in [0.25, 0.3) is 0 Å². The van der Waals surface area contributed by atoms with Gasteiger partial charge in [0, 0.05) is 25.2 Å². The maximum absolute atomic E-state index is 12.0. The lowest BCUT2D eigenvalue weighted by Crippen LogP contribution is -2.40. The average molecular weight is 290 g/mol. The molecule has 1 fully saturated rings. The molecule has 1 N–H and O–H groups in total. The van der Waals surface area contributed by atoms with Crippen molar-refractivity contribution in [3.8, 4) is 5.75 Å². The SMILES string of the molecule is COc1ccccc1CC(=O)NCCN1CCC[C@@H](C)C1. The van der Waals surface area contributed by atoms with Crippen LogP contribution in [0.5, 0.6) is 5.75 Å². The van der Waals surface area contributed by atoms with Crippen LogP contribution in [0.1, 0.15) is 25.3 Å². The van der Waals surface area contributed by atoms with Crippen LogP contribution >= 0.6 is 0 Å². The molecule has 1 saturated heterocycles. The summed E-state index contributed by atoms with van der Waals surface area (Å²) in [5.74, 6) is 1.62. The molecule has 21 heavy (non-hydrogen) atoms. The normalized spacial score (nSPS) is 19.2. The second kappa shape index (κ2) is 8.03. The molecule has 1 amide bonds. The summed E-state index contributed by atoms with van der Waals surface area (Å²) in [6.07, 6.45) is 2.98. The number of amides is 1. The van der Waals surface area contributed by atoms with E-state index in [1.165, 1.54) is 12.8 Å². The Bertz CT molecular complexity index is 462. The Hall–Kier alpha value is -1.55. The van der Waals surface area contributed by atoms with Gasteiger partial charge in [-0.3, -0.25) is 4.79 Å². The number of piperidine rings is 1. The highest BCUT2D eigenvalue weighted by Crippen LogP contribution is 2.17. The van der Waals surface area contributed by atoms with Gasteiger partial charge in [-0.05, 0) is 31.4 Å². The van der Waals surface area contributed by atoms with E-state index in [0.29, 0.717) is 6.42 Å². The molecule has 0 aliphatic carbocycles. The smallest absolute Gasteiger partial charge is 0.224 e. The predicted octanol–water partition coefficient (Wildman–Crippen LogP) is 2.09. The van der Waals surface area contributed by atoms with Gasteiger partial charge in [-0.2, -0.15) is 0 Å².